The number of nitrogen functional groups attached to an aromatic ring is 2. The van der Waals surface area contributed by atoms with Crippen molar-refractivity contribution in [1.29, 1.82) is 0 Å². The van der Waals surface area contributed by atoms with Crippen molar-refractivity contribution in [3.63, 3.8) is 0 Å². The van der Waals surface area contributed by atoms with Crippen LogP contribution in [0.1, 0.15) is 44.0 Å². The van der Waals surface area contributed by atoms with Crippen molar-refractivity contribution in [1.82, 2.24) is 19.5 Å². The van der Waals surface area contributed by atoms with Gasteiger partial charge in [0.25, 0.3) is 0 Å². The molecule has 0 fully saturated rings. The molecule has 3 radical (unpaired) electrons. The number of hydrogen-bond donors (Lipinski definition) is 4. The minimum absolute atomic E-state index is 0. The lowest BCUT2D eigenvalue weighted by molar-refractivity contribution is -0.383. The van der Waals surface area contributed by atoms with Gasteiger partial charge in [-0.3, -0.25) is 24.3 Å². The Morgan fingerprint density at radius 3 is 1.72 bits per heavy atom. The van der Waals surface area contributed by atoms with Gasteiger partial charge in [0.15, 0.2) is 5.82 Å². The third kappa shape index (κ3) is 27.8. The average molecular weight is 1340 g/mol. The molecule has 4 aromatic carbocycles. The van der Waals surface area contributed by atoms with Gasteiger partial charge in [-0.2, -0.15) is 9.97 Å². The summed E-state index contributed by atoms with van der Waals surface area (Å²) in [6, 6.07) is 32.9. The van der Waals surface area contributed by atoms with Gasteiger partial charge in [0.05, 0.1) is 42.1 Å². The topological polar surface area (TPSA) is 281 Å². The van der Waals surface area contributed by atoms with E-state index < -0.39 is 25.9 Å². The van der Waals surface area contributed by atoms with E-state index in [0.717, 1.165) is 38.8 Å². The van der Waals surface area contributed by atoms with Crippen molar-refractivity contribution in [3.05, 3.63) is 202 Å². The zero-order valence-electron chi connectivity index (χ0n) is 46.3. The Morgan fingerprint density at radius 1 is 0.761 bits per heavy atom. The van der Waals surface area contributed by atoms with Crippen LogP contribution in [0.15, 0.2) is 164 Å². The monoisotopic (exact) mass is 1340 g/mol. The average Bonchev–Trinajstić information content (AvgIpc) is 1.94. The molecule has 0 aliphatic carbocycles. The van der Waals surface area contributed by atoms with Crippen LogP contribution >= 0.6 is 56.2 Å². The lowest BCUT2D eigenvalue weighted by Crippen LogP contribution is -2.32. The van der Waals surface area contributed by atoms with Crippen LogP contribution in [0.25, 0.3) is 11.0 Å². The molecule has 475 valence electrons. The summed E-state index contributed by atoms with van der Waals surface area (Å²) in [7, 11) is 7.36. The maximum Gasteiger partial charge on any atom is 0.414 e. The highest BCUT2D eigenvalue weighted by molar-refractivity contribution is 8.26. The number of aliphatic hydroxyl groups is 1. The van der Waals surface area contributed by atoms with Gasteiger partial charge in [0.2, 0.25) is 26.8 Å². The summed E-state index contributed by atoms with van der Waals surface area (Å²) in [5.41, 5.74) is 15.7. The molecule has 5 heterocycles. The molecule has 9 rings (SSSR count). The number of halogens is 6. The fraction of sp³-hybridized carbons (Fsp3) is 0.254. The van der Waals surface area contributed by atoms with Crippen LogP contribution in [0.5, 0.6) is 34.8 Å². The Bertz CT molecular complexity index is 3350. The number of amides is 1. The first-order valence-corrected chi connectivity index (χ1v) is 29.4. The molecule has 6 N–H and O–H groups in total. The maximum absolute atomic E-state index is 12.7. The highest BCUT2D eigenvalue weighted by Crippen LogP contribution is 2.37. The van der Waals surface area contributed by atoms with E-state index >= 15 is 0 Å². The number of benzene rings is 4. The first-order valence-electron chi connectivity index (χ1n) is 25.0. The number of carbonyl (C=O) groups excluding carboxylic acids is 1. The first kappa shape index (κ1) is 80.0. The Labute approximate surface area is 538 Å². The number of imidazole rings is 1. The van der Waals surface area contributed by atoms with Gasteiger partial charge in [-0.05, 0) is 102 Å². The van der Waals surface area contributed by atoms with Gasteiger partial charge < -0.3 is 54.7 Å². The quantitative estimate of drug-likeness (QED) is 0.0247. The van der Waals surface area contributed by atoms with Crippen LogP contribution in [0.2, 0.25) is 0 Å². The lowest BCUT2D eigenvalue weighted by Gasteiger charge is -2.23. The second kappa shape index (κ2) is 44.5. The lowest BCUT2D eigenvalue weighted by atomic mass is 10.2. The number of nitro groups is 1. The van der Waals surface area contributed by atoms with E-state index in [2.05, 4.69) is 49.5 Å². The molecule has 2 aliphatic rings. The van der Waals surface area contributed by atoms with Crippen molar-refractivity contribution in [2.24, 2.45) is 0 Å². The van der Waals surface area contributed by atoms with Crippen molar-refractivity contribution >= 4 is 114 Å². The predicted molar refractivity (Wildman–Crippen MR) is 353 cm³/mol. The smallest absolute Gasteiger partial charge is 0.414 e. The number of aromatic amines is 1. The summed E-state index contributed by atoms with van der Waals surface area (Å²) in [5.74, 6) is 3.79. The normalized spacial score (nSPS) is 12.2. The highest BCUT2D eigenvalue weighted by Gasteiger charge is 2.31. The van der Waals surface area contributed by atoms with Crippen LogP contribution in [0.4, 0.5) is 32.5 Å². The number of hydrogen-bond acceptors (Lipinski definition) is 17. The number of nitrogens with two attached hydrogens (primary N) is 2. The van der Waals surface area contributed by atoms with Gasteiger partial charge in [-0.15, -0.1) is 34.8 Å². The summed E-state index contributed by atoms with van der Waals surface area (Å²) in [6.07, 6.45) is 9.87. The minimum Gasteiger partial charge on any atom is -0.490 e. The molecular weight excluding hydrogens is 1270 g/mol. The van der Waals surface area contributed by atoms with Crippen LogP contribution < -0.4 is 50.5 Å². The Hall–Kier alpha value is -7.97. The van der Waals surface area contributed by atoms with Crippen molar-refractivity contribution in [2.45, 2.75) is 47.4 Å². The summed E-state index contributed by atoms with van der Waals surface area (Å²) >= 11 is 15.2. The molecule has 29 heteroatoms. The van der Waals surface area contributed by atoms with Crippen molar-refractivity contribution in [2.75, 3.05) is 68.0 Å². The summed E-state index contributed by atoms with van der Waals surface area (Å²) < 4.78 is 48.8. The number of aliphatic hydroxyl groups excluding tert-OH is 1. The van der Waals surface area contributed by atoms with E-state index in [9.17, 15) is 19.7 Å². The van der Waals surface area contributed by atoms with E-state index in [1.54, 1.807) is 66.1 Å². The molecule has 0 spiro atoms. The molecule has 1 amide bonds. The Balaban J connectivity index is 0.00000115. The van der Waals surface area contributed by atoms with E-state index in [1.807, 2.05) is 84.9 Å². The van der Waals surface area contributed by atoms with E-state index in [-0.39, 0.29) is 88.6 Å². The van der Waals surface area contributed by atoms with Gasteiger partial charge in [0, 0.05) is 47.8 Å². The fourth-order valence-electron chi connectivity index (χ4n) is 7.24. The molecule has 8 bridgehead atoms. The van der Waals surface area contributed by atoms with E-state index in [1.165, 1.54) is 6.07 Å². The van der Waals surface area contributed by atoms with Gasteiger partial charge in [0.1, 0.15) is 73.8 Å². The van der Waals surface area contributed by atoms with E-state index in [0.29, 0.717) is 73.7 Å². The van der Waals surface area contributed by atoms with Crippen molar-refractivity contribution in [3.8, 4) is 34.8 Å². The van der Waals surface area contributed by atoms with Crippen LogP contribution in [-0.2, 0) is 39.5 Å². The second-order valence-electron chi connectivity index (χ2n) is 16.6. The third-order valence-electron chi connectivity index (χ3n) is 10.7. The van der Waals surface area contributed by atoms with Crippen LogP contribution in [0.3, 0.4) is 0 Å². The molecule has 2 aliphatic heterocycles. The number of pyridine rings is 2. The fourth-order valence-corrected chi connectivity index (χ4v) is 7.41. The number of carbonyl (C=O) groups is 1. The number of H-pyrrole nitrogens is 1. The molecule has 0 atom stereocenters. The number of fused-ring (bicyclic) bond motifs is 7. The maximum atomic E-state index is 12.7. The highest BCUT2D eigenvalue weighted by atomic mass is 36.0. The van der Waals surface area contributed by atoms with Gasteiger partial charge in [-0.1, -0.05) is 88.7 Å². The molecule has 0 saturated carbocycles. The number of anilines is 3. The molecule has 21 nitrogen and oxygen atoms in total. The van der Waals surface area contributed by atoms with Gasteiger partial charge >= 0.3 is 17.5 Å². The number of nitrogens with zero attached hydrogens (tertiary/aromatic N) is 5. The van der Waals surface area contributed by atoms with Crippen LogP contribution in [0, 0.1) is 10.1 Å². The second-order valence-corrected chi connectivity index (χ2v) is 20.2. The zero-order valence-corrected chi connectivity index (χ0v) is 50.9. The van der Waals surface area contributed by atoms with Crippen LogP contribution in [-0.4, -0.2) is 99.9 Å². The molecule has 0 saturated heterocycles. The summed E-state index contributed by atoms with van der Waals surface area (Å²) in [5, 5.41) is 20.7. The van der Waals surface area contributed by atoms with Gasteiger partial charge in [-0.25, -0.2) is 13.8 Å². The molecule has 7 aromatic rings. The third-order valence-corrected chi connectivity index (χ3v) is 11.0. The SMILES string of the molecule is C.C.C=CCOc1cccc(CCl)c1.C=CCOc1cccc(CO)c1.CCOC(=O)N1Cc2cccc(c2)OC/C=C/COc2cc1c([N+](=O)[O-])c(N)n2.ClCCl.F.Nc1nc2cc3c1[nH]c(=O)n3Cc1cccc(c1)OC/C=C/CO2.O=S(Cl)Cl.[B]. The zero-order chi connectivity index (χ0) is 61.2. The van der Waals surface area contributed by atoms with Crippen molar-refractivity contribution < 1.29 is 56.9 Å². The predicted octanol–water partition coefficient (Wildman–Crippen LogP) is 13.0. The molecule has 3 aromatic heterocycles. The number of nitrogens with one attached hydrogen (secondary N) is 1. The summed E-state index contributed by atoms with van der Waals surface area (Å²) in [4.78, 5) is 48.0. The largest absolute Gasteiger partial charge is 0.490 e. The Kier molecular flexibility index (Phi) is 40.4. The standard InChI is InChI=1S/C19H20N4O6.C17H16N4O3.C10H11ClO.C10H12O2.CH2Cl2.2CH4.B.Cl2OS.FH/c1-2-27-19(24)22-12-13-6-5-7-14(10-13)28-8-3-4-9-29-16-11-15(22)17(23(25)26)18(20)21-16;18-16-15-13-9-14(19-16)24-7-2-1-6-23-12-5-3-4-11(8-12)10-21(13)17(22)20-15;2*1-2-6-12-10-5-3-4-9(7-10)8-11;2-1-3;;;;1-4(2)3;/h3-7,10-11H,2,8-9,12H2,1H3,(H2,20,21);1-5,8-9H,6-7,10H2,(H2,18,19)(H,20,22);2-5,7H,1,6,8H2;2-5,7,11H,1,6,8H2;1H2;2*1H4;;;1H/b4-3+;2-1+;;;;;;;;. The first-order chi connectivity index (χ1) is 40.6. The van der Waals surface area contributed by atoms with E-state index in [4.69, 9.17) is 88.7 Å². The summed E-state index contributed by atoms with van der Waals surface area (Å²) in [6.45, 7) is 11.6. The molecule has 88 heavy (non-hydrogen) atoms. The molecule has 0 unspecified atom stereocenters. The number of rotatable bonds is 10. The number of aromatic nitrogens is 4. The molecular formula is C59H70BCl5FN8O13S. The number of ether oxygens (including phenoxy) is 7. The minimum atomic E-state index is -1.67. The Morgan fingerprint density at radius 2 is 1.23 bits per heavy atom. The number of alkyl halides is 3.